The molecule has 32 heavy (non-hydrogen) atoms. The molecular formula is C21H26N4O5S2. The Morgan fingerprint density at radius 2 is 1.84 bits per heavy atom. The number of rotatable bonds is 6. The van der Waals surface area contributed by atoms with Crippen LogP contribution >= 0.6 is 11.3 Å². The fourth-order valence-corrected chi connectivity index (χ4v) is 6.71. The Kier molecular flexibility index (Phi) is 6.68. The first-order valence-electron chi connectivity index (χ1n) is 10.4. The zero-order valence-electron chi connectivity index (χ0n) is 17.8. The van der Waals surface area contributed by atoms with Gasteiger partial charge in [0.2, 0.25) is 11.8 Å². The van der Waals surface area contributed by atoms with Gasteiger partial charge in [0.15, 0.2) is 0 Å². The van der Waals surface area contributed by atoms with Crippen molar-refractivity contribution in [1.82, 2.24) is 14.5 Å². The van der Waals surface area contributed by atoms with Crippen LogP contribution in [0.2, 0.25) is 0 Å². The standard InChI is InChI=1S/C21H26N4O5S2/c1-30-17-6-4-16(5-7-17)23-10-12-24(13-11-23)19(26)15-18-21(27)22-8-9-25(18)32(28,29)20-3-2-14-31-20/h2-7,14,18H,8-13,15H2,1H3,(H,22,27)/t18-/m0/s1. The molecule has 0 saturated carbocycles. The van der Waals surface area contributed by atoms with Crippen LogP contribution in [0.25, 0.3) is 0 Å². The number of anilines is 1. The summed E-state index contributed by atoms with van der Waals surface area (Å²) in [5, 5.41) is 4.37. The molecule has 2 aliphatic heterocycles. The Morgan fingerprint density at radius 1 is 1.12 bits per heavy atom. The number of amides is 2. The third kappa shape index (κ3) is 4.59. The van der Waals surface area contributed by atoms with Gasteiger partial charge in [0.05, 0.1) is 13.5 Å². The smallest absolute Gasteiger partial charge is 0.253 e. The van der Waals surface area contributed by atoms with E-state index in [1.807, 2.05) is 24.3 Å². The molecule has 172 valence electrons. The van der Waals surface area contributed by atoms with Crippen LogP contribution in [0.4, 0.5) is 5.69 Å². The molecule has 2 fully saturated rings. The third-order valence-corrected chi connectivity index (χ3v) is 9.06. The Morgan fingerprint density at radius 3 is 2.47 bits per heavy atom. The van der Waals surface area contributed by atoms with Gasteiger partial charge < -0.3 is 19.9 Å². The summed E-state index contributed by atoms with van der Waals surface area (Å²) < 4.78 is 32.6. The van der Waals surface area contributed by atoms with E-state index in [0.29, 0.717) is 26.2 Å². The largest absolute Gasteiger partial charge is 0.497 e. The van der Waals surface area contributed by atoms with Crippen molar-refractivity contribution in [3.8, 4) is 5.75 Å². The maximum Gasteiger partial charge on any atom is 0.253 e. The van der Waals surface area contributed by atoms with E-state index in [4.69, 9.17) is 4.74 Å². The number of hydrogen-bond acceptors (Lipinski definition) is 7. The molecule has 9 nitrogen and oxygen atoms in total. The normalized spacial score (nSPS) is 20.2. The van der Waals surface area contributed by atoms with Crippen molar-refractivity contribution in [3.63, 3.8) is 0 Å². The van der Waals surface area contributed by atoms with E-state index in [1.54, 1.807) is 23.5 Å². The maximum absolute atomic E-state index is 13.0. The molecule has 11 heteroatoms. The third-order valence-electron chi connectivity index (χ3n) is 5.78. The average Bonchev–Trinajstić information content (AvgIpc) is 3.36. The molecule has 0 aliphatic carbocycles. The van der Waals surface area contributed by atoms with Crippen molar-refractivity contribution in [1.29, 1.82) is 0 Å². The summed E-state index contributed by atoms with van der Waals surface area (Å²) >= 11 is 1.10. The highest BCUT2D eigenvalue weighted by Gasteiger charge is 2.41. The average molecular weight is 479 g/mol. The maximum atomic E-state index is 13.0. The van der Waals surface area contributed by atoms with Gasteiger partial charge in [-0.15, -0.1) is 11.3 Å². The molecule has 2 amide bonds. The van der Waals surface area contributed by atoms with E-state index in [-0.39, 0.29) is 29.6 Å². The summed E-state index contributed by atoms with van der Waals surface area (Å²) in [5.74, 6) is 0.143. The second kappa shape index (κ2) is 9.47. The molecule has 4 rings (SSSR count). The quantitative estimate of drug-likeness (QED) is 0.665. The van der Waals surface area contributed by atoms with E-state index in [2.05, 4.69) is 10.2 Å². The van der Waals surface area contributed by atoms with E-state index in [1.165, 1.54) is 10.4 Å². The van der Waals surface area contributed by atoms with Crippen molar-refractivity contribution in [2.45, 2.75) is 16.7 Å². The van der Waals surface area contributed by atoms with Crippen LogP contribution in [0.3, 0.4) is 0 Å². The van der Waals surface area contributed by atoms with Crippen LogP contribution < -0.4 is 15.0 Å². The minimum absolute atomic E-state index is 0.148. The van der Waals surface area contributed by atoms with Gasteiger partial charge in [-0.1, -0.05) is 6.07 Å². The summed E-state index contributed by atoms with van der Waals surface area (Å²) in [6, 6.07) is 9.90. The van der Waals surface area contributed by atoms with E-state index >= 15 is 0 Å². The lowest BCUT2D eigenvalue weighted by atomic mass is 10.1. The molecule has 1 atom stereocenters. The van der Waals surface area contributed by atoms with Crippen LogP contribution in [0, 0.1) is 0 Å². The molecule has 3 heterocycles. The molecule has 2 aliphatic rings. The number of benzene rings is 1. The molecular weight excluding hydrogens is 452 g/mol. The fourth-order valence-electron chi connectivity index (χ4n) is 4.00. The number of nitrogens with one attached hydrogen (secondary N) is 1. The van der Waals surface area contributed by atoms with Crippen molar-refractivity contribution in [2.24, 2.45) is 0 Å². The summed E-state index contributed by atoms with van der Waals surface area (Å²) in [6.07, 6.45) is -0.168. The summed E-state index contributed by atoms with van der Waals surface area (Å²) in [7, 11) is -2.20. The zero-order valence-corrected chi connectivity index (χ0v) is 19.4. The number of piperazine rings is 2. The molecule has 2 aromatic rings. The van der Waals surface area contributed by atoms with Crippen molar-refractivity contribution < 1.29 is 22.7 Å². The summed E-state index contributed by atoms with van der Waals surface area (Å²) in [4.78, 5) is 29.4. The highest BCUT2D eigenvalue weighted by Crippen LogP contribution is 2.26. The Hall–Kier alpha value is -2.63. The molecule has 1 aromatic carbocycles. The van der Waals surface area contributed by atoms with Gasteiger partial charge in [0.1, 0.15) is 16.0 Å². The predicted octanol–water partition coefficient (Wildman–Crippen LogP) is 0.985. The number of nitrogens with zero attached hydrogens (tertiary/aromatic N) is 3. The van der Waals surface area contributed by atoms with Crippen LogP contribution in [-0.4, -0.2) is 81.9 Å². The lowest BCUT2D eigenvalue weighted by Gasteiger charge is -2.38. The number of sulfonamides is 1. The second-order valence-electron chi connectivity index (χ2n) is 7.62. The lowest BCUT2D eigenvalue weighted by molar-refractivity contribution is -0.137. The molecule has 1 aromatic heterocycles. The minimum Gasteiger partial charge on any atom is -0.497 e. The topological polar surface area (TPSA) is 99.3 Å². The Bertz CT molecular complexity index is 1050. The lowest BCUT2D eigenvalue weighted by Crippen LogP contribution is -2.59. The number of thiophene rings is 1. The molecule has 0 bridgehead atoms. The second-order valence-corrected chi connectivity index (χ2v) is 10.7. The van der Waals surface area contributed by atoms with Crippen LogP contribution in [0.15, 0.2) is 46.0 Å². The van der Waals surface area contributed by atoms with Gasteiger partial charge in [-0.25, -0.2) is 8.42 Å². The van der Waals surface area contributed by atoms with Gasteiger partial charge in [-0.2, -0.15) is 4.31 Å². The van der Waals surface area contributed by atoms with E-state index < -0.39 is 22.0 Å². The SMILES string of the molecule is COc1ccc(N2CCN(C(=O)C[C@H]3C(=O)NCCN3S(=O)(=O)c3cccs3)CC2)cc1. The highest BCUT2D eigenvalue weighted by atomic mass is 32.2. The molecule has 0 radical (unpaired) electrons. The zero-order chi connectivity index (χ0) is 22.7. The van der Waals surface area contributed by atoms with Gasteiger partial charge >= 0.3 is 0 Å². The molecule has 0 unspecified atom stereocenters. The van der Waals surface area contributed by atoms with Crippen molar-refractivity contribution >= 4 is 38.9 Å². The number of hydrogen-bond donors (Lipinski definition) is 1. The first-order chi connectivity index (χ1) is 15.4. The monoisotopic (exact) mass is 478 g/mol. The number of carbonyl (C=O) groups is 2. The highest BCUT2D eigenvalue weighted by molar-refractivity contribution is 7.91. The molecule has 1 N–H and O–H groups in total. The van der Waals surface area contributed by atoms with Crippen LogP contribution in [-0.2, 0) is 19.6 Å². The predicted molar refractivity (Wildman–Crippen MR) is 121 cm³/mol. The first kappa shape index (κ1) is 22.6. The fraction of sp³-hybridized carbons (Fsp3) is 0.429. The molecule has 2 saturated heterocycles. The van der Waals surface area contributed by atoms with E-state index in [0.717, 1.165) is 22.8 Å². The Labute approximate surface area is 191 Å². The van der Waals surface area contributed by atoms with Gasteiger partial charge in [-0.05, 0) is 35.7 Å². The molecule has 0 spiro atoms. The number of methoxy groups -OCH3 is 1. The van der Waals surface area contributed by atoms with Crippen LogP contribution in [0.1, 0.15) is 6.42 Å². The minimum atomic E-state index is -3.83. The summed E-state index contributed by atoms with van der Waals surface area (Å²) in [5.41, 5.74) is 1.05. The van der Waals surface area contributed by atoms with Gasteiger partial charge in [-0.3, -0.25) is 9.59 Å². The number of ether oxygens (including phenoxy) is 1. The van der Waals surface area contributed by atoms with Crippen LogP contribution in [0.5, 0.6) is 5.75 Å². The van der Waals surface area contributed by atoms with Gasteiger partial charge in [0.25, 0.3) is 10.0 Å². The van der Waals surface area contributed by atoms with Gasteiger partial charge in [0, 0.05) is 45.0 Å². The Balaban J connectivity index is 1.40. The van der Waals surface area contributed by atoms with Crippen molar-refractivity contribution in [2.75, 3.05) is 51.3 Å². The van der Waals surface area contributed by atoms with E-state index in [9.17, 15) is 18.0 Å². The van der Waals surface area contributed by atoms with Crippen molar-refractivity contribution in [3.05, 3.63) is 41.8 Å². The first-order valence-corrected chi connectivity index (χ1v) is 12.7. The summed E-state index contributed by atoms with van der Waals surface area (Å²) in [6.45, 7) is 2.72. The number of carbonyl (C=O) groups excluding carboxylic acids is 2.